The van der Waals surface area contributed by atoms with Crippen molar-refractivity contribution in [2.45, 2.75) is 57.9 Å². The molecule has 0 aromatic carbocycles. The normalized spacial score (nSPS) is 18.1. The molecule has 0 bridgehead atoms. The van der Waals surface area contributed by atoms with E-state index >= 15 is 0 Å². The van der Waals surface area contributed by atoms with Crippen molar-refractivity contribution >= 4 is 5.91 Å². The molecule has 0 radical (unpaired) electrons. The highest BCUT2D eigenvalue weighted by Gasteiger charge is 2.31. The molecule has 0 aromatic heterocycles. The van der Waals surface area contributed by atoms with Crippen molar-refractivity contribution in [3.05, 3.63) is 0 Å². The molecule has 0 saturated heterocycles. The van der Waals surface area contributed by atoms with Crippen LogP contribution in [0.25, 0.3) is 0 Å². The van der Waals surface area contributed by atoms with Crippen molar-refractivity contribution in [1.29, 1.82) is 0 Å². The molecule has 0 atom stereocenters. The number of amides is 1. The van der Waals surface area contributed by atoms with E-state index in [9.17, 15) is 9.90 Å². The third kappa shape index (κ3) is 2.94. The number of aliphatic hydroxyl groups is 1. The Hall–Kier alpha value is -0.570. The molecule has 0 unspecified atom stereocenters. The van der Waals surface area contributed by atoms with Gasteiger partial charge in [-0.05, 0) is 25.7 Å². The van der Waals surface area contributed by atoms with E-state index in [1.165, 1.54) is 12.8 Å². The first-order chi connectivity index (χ1) is 7.17. The summed E-state index contributed by atoms with van der Waals surface area (Å²) < 4.78 is 0. The molecule has 3 heteroatoms. The molecule has 1 rings (SSSR count). The second kappa shape index (κ2) is 5.50. The topological polar surface area (TPSA) is 49.3 Å². The van der Waals surface area contributed by atoms with Gasteiger partial charge >= 0.3 is 0 Å². The summed E-state index contributed by atoms with van der Waals surface area (Å²) in [5.74, 6) is 0.333. The SMILES string of the molecule is CCC(CC)(CO)NC(=O)C1CCCC1. The molecule has 0 spiro atoms. The van der Waals surface area contributed by atoms with Crippen LogP contribution in [-0.4, -0.2) is 23.2 Å². The van der Waals surface area contributed by atoms with Crippen LogP contribution in [-0.2, 0) is 4.79 Å². The molecule has 1 aliphatic rings. The third-order valence-corrected chi connectivity index (χ3v) is 3.77. The van der Waals surface area contributed by atoms with Crippen LogP contribution in [0, 0.1) is 5.92 Å². The summed E-state index contributed by atoms with van der Waals surface area (Å²) in [4.78, 5) is 11.9. The zero-order chi connectivity index (χ0) is 11.3. The molecule has 0 heterocycles. The van der Waals surface area contributed by atoms with Crippen molar-refractivity contribution < 1.29 is 9.90 Å². The second-order valence-corrected chi connectivity index (χ2v) is 4.62. The van der Waals surface area contributed by atoms with E-state index in [4.69, 9.17) is 0 Å². The molecule has 2 N–H and O–H groups in total. The Labute approximate surface area is 92.3 Å². The molecule has 0 aliphatic heterocycles. The summed E-state index contributed by atoms with van der Waals surface area (Å²) in [7, 11) is 0. The number of hydrogen-bond donors (Lipinski definition) is 2. The lowest BCUT2D eigenvalue weighted by Crippen LogP contribution is -2.52. The Balaban J connectivity index is 2.53. The maximum Gasteiger partial charge on any atom is 0.223 e. The lowest BCUT2D eigenvalue weighted by Gasteiger charge is -2.32. The average Bonchev–Trinajstić information content (AvgIpc) is 2.79. The fourth-order valence-electron chi connectivity index (χ4n) is 2.24. The first-order valence-corrected chi connectivity index (χ1v) is 6.10. The van der Waals surface area contributed by atoms with E-state index in [1.807, 2.05) is 13.8 Å². The lowest BCUT2D eigenvalue weighted by atomic mass is 9.92. The van der Waals surface area contributed by atoms with E-state index in [1.54, 1.807) is 0 Å². The minimum Gasteiger partial charge on any atom is -0.394 e. The standard InChI is InChI=1S/C12H23NO2/c1-3-12(4-2,9-14)13-11(15)10-7-5-6-8-10/h10,14H,3-9H2,1-2H3,(H,13,15). The van der Waals surface area contributed by atoms with Gasteiger partial charge in [0.2, 0.25) is 5.91 Å². The van der Waals surface area contributed by atoms with Gasteiger partial charge in [0.25, 0.3) is 0 Å². The first-order valence-electron chi connectivity index (χ1n) is 6.10. The number of hydrogen-bond acceptors (Lipinski definition) is 2. The zero-order valence-corrected chi connectivity index (χ0v) is 9.88. The number of carbonyl (C=O) groups is 1. The molecule has 15 heavy (non-hydrogen) atoms. The molecule has 0 aromatic rings. The van der Waals surface area contributed by atoms with Crippen LogP contribution in [0.4, 0.5) is 0 Å². The number of nitrogens with one attached hydrogen (secondary N) is 1. The predicted molar refractivity (Wildman–Crippen MR) is 60.5 cm³/mol. The highest BCUT2D eigenvalue weighted by Crippen LogP contribution is 2.26. The minimum atomic E-state index is -0.389. The highest BCUT2D eigenvalue weighted by atomic mass is 16.3. The van der Waals surface area contributed by atoms with Gasteiger partial charge in [0.15, 0.2) is 0 Å². The van der Waals surface area contributed by atoms with Gasteiger partial charge in [-0.3, -0.25) is 4.79 Å². The summed E-state index contributed by atoms with van der Waals surface area (Å²) in [6, 6.07) is 0. The van der Waals surface area contributed by atoms with Gasteiger partial charge in [-0.1, -0.05) is 26.7 Å². The molecule has 3 nitrogen and oxygen atoms in total. The Bertz CT molecular complexity index is 197. The number of aliphatic hydroxyl groups excluding tert-OH is 1. The van der Waals surface area contributed by atoms with Crippen LogP contribution in [0.5, 0.6) is 0 Å². The Morgan fingerprint density at radius 2 is 1.87 bits per heavy atom. The summed E-state index contributed by atoms with van der Waals surface area (Å²) >= 11 is 0. The monoisotopic (exact) mass is 213 g/mol. The molecule has 1 saturated carbocycles. The van der Waals surface area contributed by atoms with Gasteiger partial charge in [0, 0.05) is 5.92 Å². The predicted octanol–water partition coefficient (Wildman–Crippen LogP) is 1.84. The highest BCUT2D eigenvalue weighted by molar-refractivity contribution is 5.79. The third-order valence-electron chi connectivity index (χ3n) is 3.77. The van der Waals surface area contributed by atoms with Crippen LogP contribution in [0.2, 0.25) is 0 Å². The van der Waals surface area contributed by atoms with E-state index in [-0.39, 0.29) is 24.0 Å². The minimum absolute atomic E-state index is 0.0401. The van der Waals surface area contributed by atoms with Gasteiger partial charge in [-0.2, -0.15) is 0 Å². The fraction of sp³-hybridized carbons (Fsp3) is 0.917. The van der Waals surface area contributed by atoms with Crippen LogP contribution >= 0.6 is 0 Å². The van der Waals surface area contributed by atoms with Crippen LogP contribution < -0.4 is 5.32 Å². The second-order valence-electron chi connectivity index (χ2n) is 4.62. The Kier molecular flexibility index (Phi) is 4.58. The summed E-state index contributed by atoms with van der Waals surface area (Å²) in [6.07, 6.45) is 5.95. The molecule has 1 aliphatic carbocycles. The lowest BCUT2D eigenvalue weighted by molar-refractivity contribution is -0.127. The molecular weight excluding hydrogens is 190 g/mol. The first kappa shape index (κ1) is 12.5. The summed E-state index contributed by atoms with van der Waals surface area (Å²) in [6.45, 7) is 4.06. The van der Waals surface area contributed by atoms with E-state index in [2.05, 4.69) is 5.32 Å². The quantitative estimate of drug-likeness (QED) is 0.732. The van der Waals surface area contributed by atoms with Crippen LogP contribution in [0.1, 0.15) is 52.4 Å². The largest absolute Gasteiger partial charge is 0.394 e. The molecular formula is C12H23NO2. The van der Waals surface area contributed by atoms with Gasteiger partial charge in [-0.25, -0.2) is 0 Å². The molecule has 1 fully saturated rings. The molecule has 88 valence electrons. The van der Waals surface area contributed by atoms with Crippen molar-refractivity contribution in [1.82, 2.24) is 5.32 Å². The van der Waals surface area contributed by atoms with Crippen molar-refractivity contribution in [3.8, 4) is 0 Å². The Morgan fingerprint density at radius 1 is 1.33 bits per heavy atom. The van der Waals surface area contributed by atoms with E-state index in [0.29, 0.717) is 0 Å². The molecule has 1 amide bonds. The van der Waals surface area contributed by atoms with Crippen LogP contribution in [0.3, 0.4) is 0 Å². The summed E-state index contributed by atoms with van der Waals surface area (Å²) in [5.41, 5.74) is -0.389. The van der Waals surface area contributed by atoms with Gasteiger partial charge in [0.1, 0.15) is 0 Å². The Morgan fingerprint density at radius 3 is 2.27 bits per heavy atom. The number of rotatable bonds is 5. The van der Waals surface area contributed by atoms with E-state index < -0.39 is 0 Å². The maximum atomic E-state index is 11.9. The smallest absolute Gasteiger partial charge is 0.223 e. The van der Waals surface area contributed by atoms with Crippen molar-refractivity contribution in [3.63, 3.8) is 0 Å². The van der Waals surface area contributed by atoms with Crippen molar-refractivity contribution in [2.24, 2.45) is 5.92 Å². The summed E-state index contributed by atoms with van der Waals surface area (Å²) in [5, 5.41) is 12.4. The van der Waals surface area contributed by atoms with Gasteiger partial charge < -0.3 is 10.4 Å². The van der Waals surface area contributed by atoms with Gasteiger partial charge in [-0.15, -0.1) is 0 Å². The van der Waals surface area contributed by atoms with E-state index in [0.717, 1.165) is 25.7 Å². The van der Waals surface area contributed by atoms with Gasteiger partial charge in [0.05, 0.1) is 12.1 Å². The fourth-order valence-corrected chi connectivity index (χ4v) is 2.24. The maximum absolute atomic E-state index is 11.9. The van der Waals surface area contributed by atoms with Crippen molar-refractivity contribution in [2.75, 3.05) is 6.61 Å². The average molecular weight is 213 g/mol. The number of carbonyl (C=O) groups excluding carboxylic acids is 1. The zero-order valence-electron chi connectivity index (χ0n) is 9.88. The van der Waals surface area contributed by atoms with Crippen LogP contribution in [0.15, 0.2) is 0 Å².